The topological polar surface area (TPSA) is 57.2 Å². The minimum absolute atomic E-state index is 0.426. The molecule has 1 radical (unpaired) electrons. The summed E-state index contributed by atoms with van der Waals surface area (Å²) in [4.78, 5) is 11.9. The van der Waals surface area contributed by atoms with E-state index in [1.54, 1.807) is 6.07 Å². The molecule has 129 valence electrons. The first-order chi connectivity index (χ1) is 12.7. The number of ether oxygens (including phenoxy) is 1. The maximum absolute atomic E-state index is 11.9. The van der Waals surface area contributed by atoms with Crippen molar-refractivity contribution in [1.82, 2.24) is 4.57 Å². The number of hydrogen-bond acceptors (Lipinski definition) is 2. The smallest absolute Gasteiger partial charge is 0.249 e. The first-order valence-electron chi connectivity index (χ1n) is 8.62. The Morgan fingerprint density at radius 2 is 1.92 bits per heavy atom. The molecule has 0 unspecified atom stereocenters. The lowest BCUT2D eigenvalue weighted by Crippen LogP contribution is -2.11. The van der Waals surface area contributed by atoms with Crippen LogP contribution >= 0.6 is 0 Å². The number of carbonyl (C=O) groups is 1. The summed E-state index contributed by atoms with van der Waals surface area (Å²) in [6.07, 6.45) is 0. The predicted molar refractivity (Wildman–Crippen MR) is 104 cm³/mol. The van der Waals surface area contributed by atoms with Crippen molar-refractivity contribution in [2.45, 2.75) is 13.5 Å². The number of aromatic nitrogens is 1. The molecular weight excluding hydrogens is 324 g/mol. The first kappa shape index (κ1) is 16.2. The van der Waals surface area contributed by atoms with Crippen LogP contribution in [0.5, 0.6) is 5.75 Å². The molecule has 4 rings (SSSR count). The zero-order valence-corrected chi connectivity index (χ0v) is 14.5. The van der Waals surface area contributed by atoms with Crippen LogP contribution in [-0.2, 0) is 6.54 Å². The minimum atomic E-state index is -0.426. The van der Waals surface area contributed by atoms with E-state index in [-0.39, 0.29) is 0 Å². The first-order valence-corrected chi connectivity index (χ1v) is 8.62. The van der Waals surface area contributed by atoms with Crippen molar-refractivity contribution < 1.29 is 9.53 Å². The summed E-state index contributed by atoms with van der Waals surface area (Å²) < 4.78 is 7.81. The summed E-state index contributed by atoms with van der Waals surface area (Å²) in [7, 11) is 0. The lowest BCUT2D eigenvalue weighted by atomic mass is 10.1. The van der Waals surface area contributed by atoms with Gasteiger partial charge in [0.05, 0.1) is 17.6 Å². The Morgan fingerprint density at radius 3 is 2.73 bits per heavy atom. The lowest BCUT2D eigenvalue weighted by Gasteiger charge is -2.10. The van der Waals surface area contributed by atoms with Gasteiger partial charge in [-0.3, -0.25) is 4.79 Å². The molecule has 4 aromatic rings. The van der Waals surface area contributed by atoms with Gasteiger partial charge in [-0.1, -0.05) is 30.3 Å². The van der Waals surface area contributed by atoms with Crippen molar-refractivity contribution in [3.8, 4) is 5.75 Å². The van der Waals surface area contributed by atoms with Crippen LogP contribution < -0.4 is 10.5 Å². The number of benzene rings is 3. The molecule has 0 saturated carbocycles. The molecule has 4 heteroatoms. The summed E-state index contributed by atoms with van der Waals surface area (Å²) in [5.41, 5.74) is 9.26. The van der Waals surface area contributed by atoms with E-state index in [1.807, 2.05) is 55.5 Å². The quantitative estimate of drug-likeness (QED) is 0.592. The number of nitrogens with two attached hydrogens (primary N) is 1. The third kappa shape index (κ3) is 2.69. The van der Waals surface area contributed by atoms with Gasteiger partial charge in [-0.15, -0.1) is 0 Å². The molecule has 3 aromatic carbocycles. The Bertz CT molecular complexity index is 1110. The van der Waals surface area contributed by atoms with E-state index < -0.39 is 5.91 Å². The van der Waals surface area contributed by atoms with Gasteiger partial charge >= 0.3 is 0 Å². The predicted octanol–water partition coefficient (Wildman–Crippen LogP) is 4.14. The third-order valence-electron chi connectivity index (χ3n) is 4.52. The van der Waals surface area contributed by atoms with E-state index in [0.717, 1.165) is 33.1 Å². The van der Waals surface area contributed by atoms with Gasteiger partial charge in [0.25, 0.3) is 0 Å². The largest absolute Gasteiger partial charge is 0.494 e. The standard InChI is InChI=1S/C22H19N2O2/c1-2-26-16-8-5-7-15(13-16)14-24-19-11-4-3-9-17(19)21-18(22(23)25)10-6-12-20(21)24/h3-8,10-13H,2,14H2,1H3,(H2,23,25). The van der Waals surface area contributed by atoms with Gasteiger partial charge in [-0.25, -0.2) is 0 Å². The summed E-state index contributed by atoms with van der Waals surface area (Å²) in [6, 6.07) is 22.9. The van der Waals surface area contributed by atoms with Gasteiger partial charge in [0.2, 0.25) is 5.91 Å². The molecule has 4 nitrogen and oxygen atoms in total. The van der Waals surface area contributed by atoms with E-state index in [2.05, 4.69) is 16.7 Å². The number of hydrogen-bond donors (Lipinski definition) is 1. The fourth-order valence-corrected chi connectivity index (χ4v) is 3.47. The molecule has 26 heavy (non-hydrogen) atoms. The Morgan fingerprint density at radius 1 is 1.12 bits per heavy atom. The summed E-state index contributed by atoms with van der Waals surface area (Å²) in [5, 5.41) is 1.77. The second kappa shape index (κ2) is 6.56. The number of amides is 1. The Hall–Kier alpha value is -3.27. The molecule has 0 atom stereocenters. The van der Waals surface area contributed by atoms with Crippen LogP contribution in [0.1, 0.15) is 22.8 Å². The number of fused-ring (bicyclic) bond motifs is 3. The highest BCUT2D eigenvalue weighted by atomic mass is 16.5. The van der Waals surface area contributed by atoms with E-state index in [4.69, 9.17) is 10.5 Å². The molecule has 1 amide bonds. The van der Waals surface area contributed by atoms with Crippen molar-refractivity contribution in [2.75, 3.05) is 6.61 Å². The SMILES string of the molecule is CCOc1cccc(Cn2c3ccc[c]c3c3c(C(N)=O)cccc32)c1. The molecule has 2 N–H and O–H groups in total. The Labute approximate surface area is 151 Å². The summed E-state index contributed by atoms with van der Waals surface area (Å²) >= 11 is 0. The van der Waals surface area contributed by atoms with Crippen molar-refractivity contribution in [1.29, 1.82) is 0 Å². The van der Waals surface area contributed by atoms with E-state index in [0.29, 0.717) is 18.7 Å². The molecule has 1 heterocycles. The third-order valence-corrected chi connectivity index (χ3v) is 4.52. The van der Waals surface area contributed by atoms with Gasteiger partial charge in [0, 0.05) is 22.9 Å². The second-order valence-electron chi connectivity index (χ2n) is 6.16. The Balaban J connectivity index is 1.93. The normalized spacial score (nSPS) is 11.1. The molecule has 0 spiro atoms. The lowest BCUT2D eigenvalue weighted by molar-refractivity contribution is 0.100. The average molecular weight is 343 g/mol. The van der Waals surface area contributed by atoms with E-state index >= 15 is 0 Å². The molecular formula is C22H19N2O2. The van der Waals surface area contributed by atoms with Crippen LogP contribution in [0.4, 0.5) is 0 Å². The van der Waals surface area contributed by atoms with E-state index in [1.165, 1.54) is 0 Å². The molecule has 0 aliphatic heterocycles. The van der Waals surface area contributed by atoms with Gasteiger partial charge in [-0.05, 0) is 48.9 Å². The van der Waals surface area contributed by atoms with Crippen molar-refractivity contribution in [3.63, 3.8) is 0 Å². The van der Waals surface area contributed by atoms with Gasteiger partial charge in [0.1, 0.15) is 5.75 Å². The van der Waals surface area contributed by atoms with Gasteiger partial charge < -0.3 is 15.0 Å². The van der Waals surface area contributed by atoms with Crippen LogP contribution in [0.15, 0.2) is 60.7 Å². The number of primary amides is 1. The molecule has 0 bridgehead atoms. The zero-order valence-electron chi connectivity index (χ0n) is 14.5. The van der Waals surface area contributed by atoms with Crippen LogP contribution in [0, 0.1) is 6.07 Å². The molecule has 1 aromatic heterocycles. The van der Waals surface area contributed by atoms with Crippen molar-refractivity contribution in [2.24, 2.45) is 5.73 Å². The monoisotopic (exact) mass is 343 g/mol. The number of carbonyl (C=O) groups excluding carboxylic acids is 1. The highest BCUT2D eigenvalue weighted by molar-refractivity contribution is 6.17. The maximum atomic E-state index is 11.9. The van der Waals surface area contributed by atoms with Crippen LogP contribution in [0.25, 0.3) is 21.8 Å². The minimum Gasteiger partial charge on any atom is -0.494 e. The second-order valence-corrected chi connectivity index (χ2v) is 6.16. The van der Waals surface area contributed by atoms with Crippen molar-refractivity contribution in [3.05, 3.63) is 77.9 Å². The number of rotatable bonds is 5. The molecule has 0 aliphatic rings. The average Bonchev–Trinajstić information content (AvgIpc) is 2.96. The zero-order chi connectivity index (χ0) is 18.1. The fourth-order valence-electron chi connectivity index (χ4n) is 3.47. The summed E-state index contributed by atoms with van der Waals surface area (Å²) in [5.74, 6) is 0.431. The molecule has 0 aliphatic carbocycles. The van der Waals surface area contributed by atoms with Crippen molar-refractivity contribution >= 4 is 27.7 Å². The maximum Gasteiger partial charge on any atom is 0.249 e. The van der Waals surface area contributed by atoms with Gasteiger partial charge in [-0.2, -0.15) is 0 Å². The summed E-state index contributed by atoms with van der Waals surface area (Å²) in [6.45, 7) is 3.28. The highest BCUT2D eigenvalue weighted by Crippen LogP contribution is 2.32. The van der Waals surface area contributed by atoms with Crippen LogP contribution in [-0.4, -0.2) is 17.1 Å². The molecule has 0 fully saturated rings. The van der Waals surface area contributed by atoms with Crippen LogP contribution in [0.3, 0.4) is 0 Å². The fraction of sp³-hybridized carbons (Fsp3) is 0.136. The van der Waals surface area contributed by atoms with Gasteiger partial charge in [0.15, 0.2) is 0 Å². The highest BCUT2D eigenvalue weighted by Gasteiger charge is 2.16. The van der Waals surface area contributed by atoms with E-state index in [9.17, 15) is 4.79 Å². The molecule has 0 saturated heterocycles. The number of nitrogens with zero attached hydrogens (tertiary/aromatic N) is 1. The van der Waals surface area contributed by atoms with Crippen LogP contribution in [0.2, 0.25) is 0 Å². The Kier molecular flexibility index (Phi) is 4.09.